The van der Waals surface area contributed by atoms with Crippen LogP contribution < -0.4 is 0 Å². The van der Waals surface area contributed by atoms with Gasteiger partial charge in [-0.25, -0.2) is 0 Å². The van der Waals surface area contributed by atoms with E-state index in [4.69, 9.17) is 5.26 Å². The summed E-state index contributed by atoms with van der Waals surface area (Å²) in [7, 11) is 0. The van der Waals surface area contributed by atoms with Gasteiger partial charge in [0.25, 0.3) is 0 Å². The molecule has 1 fully saturated rings. The predicted octanol–water partition coefficient (Wildman–Crippen LogP) is 4.62. The van der Waals surface area contributed by atoms with Crippen molar-refractivity contribution in [3.63, 3.8) is 0 Å². The first-order chi connectivity index (χ1) is 8.33. The monoisotopic (exact) mass is 229 g/mol. The van der Waals surface area contributed by atoms with Gasteiger partial charge in [0.05, 0.1) is 6.07 Å². The zero-order chi connectivity index (χ0) is 12.1. The first-order valence-corrected chi connectivity index (χ1v) is 7.03. The Morgan fingerprint density at radius 1 is 1.24 bits per heavy atom. The quantitative estimate of drug-likeness (QED) is 0.648. The fraction of sp³-hybridized carbons (Fsp3) is 0.688. The molecule has 0 amide bonds. The summed E-state index contributed by atoms with van der Waals surface area (Å²) in [4.78, 5) is 0. The molecule has 0 aromatic carbocycles. The van der Waals surface area contributed by atoms with Crippen molar-refractivity contribution in [2.75, 3.05) is 0 Å². The van der Waals surface area contributed by atoms with Crippen molar-refractivity contribution in [2.24, 2.45) is 17.8 Å². The third kappa shape index (κ3) is 3.22. The van der Waals surface area contributed by atoms with E-state index in [1.54, 1.807) is 0 Å². The lowest BCUT2D eigenvalue weighted by atomic mass is 9.71. The summed E-state index contributed by atoms with van der Waals surface area (Å²) in [5.41, 5.74) is 1.02. The standard InChI is InChI=1S/C16H23N/c1-2-3-13-4-8-15(9-5-13)16-10-6-14(12-17)7-11-16/h2,6,13,15-16H,1,3-5,7-11H2. The Morgan fingerprint density at radius 2 is 2.00 bits per heavy atom. The van der Waals surface area contributed by atoms with Crippen molar-refractivity contribution in [2.45, 2.75) is 51.4 Å². The van der Waals surface area contributed by atoms with E-state index in [2.05, 4.69) is 24.8 Å². The van der Waals surface area contributed by atoms with Crippen LogP contribution in [0.3, 0.4) is 0 Å². The van der Waals surface area contributed by atoms with Gasteiger partial charge in [0, 0.05) is 5.57 Å². The highest BCUT2D eigenvalue weighted by molar-refractivity contribution is 5.22. The Kier molecular flexibility index (Phi) is 4.42. The zero-order valence-electron chi connectivity index (χ0n) is 10.7. The molecule has 0 aromatic heterocycles. The molecular weight excluding hydrogens is 206 g/mol. The Hall–Kier alpha value is -1.03. The van der Waals surface area contributed by atoms with Crippen LogP contribution in [0.25, 0.3) is 0 Å². The maximum absolute atomic E-state index is 8.85. The van der Waals surface area contributed by atoms with Crippen molar-refractivity contribution < 1.29 is 0 Å². The molecule has 1 saturated carbocycles. The van der Waals surface area contributed by atoms with Gasteiger partial charge in [-0.15, -0.1) is 6.58 Å². The van der Waals surface area contributed by atoms with Gasteiger partial charge >= 0.3 is 0 Å². The predicted molar refractivity (Wildman–Crippen MR) is 71.3 cm³/mol. The summed E-state index contributed by atoms with van der Waals surface area (Å²) in [5.74, 6) is 2.68. The molecule has 1 atom stereocenters. The minimum atomic E-state index is 0.858. The van der Waals surface area contributed by atoms with Crippen molar-refractivity contribution >= 4 is 0 Å². The minimum Gasteiger partial charge on any atom is -0.193 e. The van der Waals surface area contributed by atoms with E-state index < -0.39 is 0 Å². The lowest BCUT2D eigenvalue weighted by Crippen LogP contribution is -2.23. The molecule has 0 saturated heterocycles. The molecule has 0 radical (unpaired) electrons. The van der Waals surface area contributed by atoms with Crippen LogP contribution in [0.1, 0.15) is 51.4 Å². The first-order valence-electron chi connectivity index (χ1n) is 7.03. The zero-order valence-corrected chi connectivity index (χ0v) is 10.7. The van der Waals surface area contributed by atoms with E-state index in [0.717, 1.165) is 36.2 Å². The van der Waals surface area contributed by atoms with E-state index in [1.807, 2.05) is 0 Å². The number of allylic oxidation sites excluding steroid dienone is 3. The van der Waals surface area contributed by atoms with Crippen LogP contribution in [-0.2, 0) is 0 Å². The Morgan fingerprint density at radius 3 is 2.53 bits per heavy atom. The van der Waals surface area contributed by atoms with Crippen LogP contribution in [-0.4, -0.2) is 0 Å². The molecule has 2 aliphatic carbocycles. The van der Waals surface area contributed by atoms with Gasteiger partial charge in [-0.05, 0) is 69.1 Å². The summed E-state index contributed by atoms with van der Waals surface area (Å²) in [5, 5.41) is 8.85. The second-order valence-electron chi connectivity index (χ2n) is 5.68. The van der Waals surface area contributed by atoms with Gasteiger partial charge in [-0.1, -0.05) is 12.2 Å². The van der Waals surface area contributed by atoms with Crippen molar-refractivity contribution in [3.8, 4) is 6.07 Å². The first kappa shape index (κ1) is 12.4. The molecule has 1 unspecified atom stereocenters. The molecule has 0 heterocycles. The Labute approximate surface area is 105 Å². The molecule has 0 aromatic rings. The number of hydrogen-bond donors (Lipinski definition) is 0. The third-order valence-electron chi connectivity index (χ3n) is 4.65. The van der Waals surface area contributed by atoms with Gasteiger partial charge in [0.1, 0.15) is 0 Å². The molecule has 1 heteroatoms. The second-order valence-corrected chi connectivity index (χ2v) is 5.68. The summed E-state index contributed by atoms with van der Waals surface area (Å²) >= 11 is 0. The lowest BCUT2D eigenvalue weighted by Gasteiger charge is -2.34. The second kappa shape index (κ2) is 6.05. The SMILES string of the molecule is C=CCC1CCC(C2CC=C(C#N)CC2)CC1. The van der Waals surface area contributed by atoms with Crippen LogP contribution >= 0.6 is 0 Å². The highest BCUT2D eigenvalue weighted by Crippen LogP contribution is 2.40. The fourth-order valence-electron chi connectivity index (χ4n) is 3.52. The molecule has 2 aliphatic rings. The van der Waals surface area contributed by atoms with Crippen molar-refractivity contribution in [1.82, 2.24) is 0 Å². The summed E-state index contributed by atoms with van der Waals surface area (Å²) < 4.78 is 0. The normalized spacial score (nSPS) is 33.6. The maximum atomic E-state index is 8.85. The van der Waals surface area contributed by atoms with Gasteiger partial charge in [0.2, 0.25) is 0 Å². The van der Waals surface area contributed by atoms with Gasteiger partial charge in [0.15, 0.2) is 0 Å². The summed E-state index contributed by atoms with van der Waals surface area (Å²) in [6.07, 6.45) is 14.5. The number of nitrogens with zero attached hydrogens (tertiary/aromatic N) is 1. The fourth-order valence-corrected chi connectivity index (χ4v) is 3.52. The van der Waals surface area contributed by atoms with Crippen LogP contribution in [0.2, 0.25) is 0 Å². The van der Waals surface area contributed by atoms with E-state index in [-0.39, 0.29) is 0 Å². The molecule has 92 valence electrons. The van der Waals surface area contributed by atoms with Crippen LogP contribution in [0.4, 0.5) is 0 Å². The van der Waals surface area contributed by atoms with Gasteiger partial charge < -0.3 is 0 Å². The molecule has 0 aliphatic heterocycles. The number of rotatable bonds is 3. The van der Waals surface area contributed by atoms with E-state index in [1.165, 1.54) is 38.5 Å². The molecule has 0 N–H and O–H groups in total. The number of nitriles is 1. The molecular formula is C16H23N. The molecule has 17 heavy (non-hydrogen) atoms. The largest absolute Gasteiger partial charge is 0.193 e. The topological polar surface area (TPSA) is 23.8 Å². The lowest BCUT2D eigenvalue weighted by molar-refractivity contribution is 0.194. The van der Waals surface area contributed by atoms with E-state index in [0.29, 0.717) is 0 Å². The van der Waals surface area contributed by atoms with Crippen molar-refractivity contribution in [3.05, 3.63) is 24.3 Å². The molecule has 0 bridgehead atoms. The summed E-state index contributed by atoms with van der Waals surface area (Å²) in [6.45, 7) is 3.84. The van der Waals surface area contributed by atoms with E-state index in [9.17, 15) is 0 Å². The smallest absolute Gasteiger partial charge is 0.0943 e. The Balaban J connectivity index is 1.80. The van der Waals surface area contributed by atoms with Crippen molar-refractivity contribution in [1.29, 1.82) is 5.26 Å². The van der Waals surface area contributed by atoms with Crippen LogP contribution in [0.15, 0.2) is 24.3 Å². The third-order valence-corrected chi connectivity index (χ3v) is 4.65. The molecule has 2 rings (SSSR count). The average molecular weight is 229 g/mol. The molecule has 1 nitrogen and oxygen atoms in total. The van der Waals surface area contributed by atoms with Gasteiger partial charge in [-0.2, -0.15) is 5.26 Å². The van der Waals surface area contributed by atoms with Crippen LogP contribution in [0.5, 0.6) is 0 Å². The average Bonchev–Trinajstić information content (AvgIpc) is 2.40. The van der Waals surface area contributed by atoms with Gasteiger partial charge in [-0.3, -0.25) is 0 Å². The summed E-state index contributed by atoms with van der Waals surface area (Å²) in [6, 6.07) is 2.30. The molecule has 0 spiro atoms. The minimum absolute atomic E-state index is 0.858. The van der Waals surface area contributed by atoms with Crippen LogP contribution in [0, 0.1) is 29.1 Å². The maximum Gasteiger partial charge on any atom is 0.0943 e. The van der Waals surface area contributed by atoms with E-state index >= 15 is 0 Å². The highest BCUT2D eigenvalue weighted by Gasteiger charge is 2.28. The Bertz CT molecular complexity index is 326. The highest BCUT2D eigenvalue weighted by atomic mass is 14.3. The number of hydrogen-bond acceptors (Lipinski definition) is 1.